The van der Waals surface area contributed by atoms with Gasteiger partial charge in [0.2, 0.25) is 5.89 Å². The van der Waals surface area contributed by atoms with Gasteiger partial charge in [-0.3, -0.25) is 0 Å². The van der Waals surface area contributed by atoms with Crippen LogP contribution >= 0.6 is 0 Å². The number of rotatable bonds is 2. The van der Waals surface area contributed by atoms with Crippen LogP contribution in [-0.4, -0.2) is 17.8 Å². The van der Waals surface area contributed by atoms with Crippen molar-refractivity contribution in [3.05, 3.63) is 42.1 Å². The van der Waals surface area contributed by atoms with Crippen LogP contribution in [0.5, 0.6) is 0 Å². The smallest absolute Gasteiger partial charge is 0.228 e. The zero-order chi connectivity index (χ0) is 12.5. The largest absolute Gasteiger partial charge is 0.434 e. The van der Waals surface area contributed by atoms with Gasteiger partial charge in [-0.15, -0.1) is 0 Å². The molecule has 0 spiro atoms. The van der Waals surface area contributed by atoms with E-state index < -0.39 is 0 Å². The van der Waals surface area contributed by atoms with Crippen LogP contribution in [0, 0.1) is 0 Å². The molecule has 2 aromatic heterocycles. The number of benzene rings is 1. The molecule has 0 aliphatic rings. The Morgan fingerprint density at radius 2 is 2.06 bits per heavy atom. The molecule has 0 aliphatic heterocycles. The van der Waals surface area contributed by atoms with Gasteiger partial charge in [0.1, 0.15) is 7.85 Å². The molecule has 0 amide bonds. The van der Waals surface area contributed by atoms with Crippen LogP contribution in [0.3, 0.4) is 0 Å². The monoisotopic (exact) mass is 237 g/mol. The number of nitrogen functional groups attached to an aromatic ring is 1. The van der Waals surface area contributed by atoms with E-state index in [4.69, 9.17) is 10.2 Å². The quantitative estimate of drug-likeness (QED) is 0.543. The van der Waals surface area contributed by atoms with Crippen molar-refractivity contribution in [3.63, 3.8) is 0 Å². The number of fused-ring (bicyclic) bond motifs is 1. The lowest BCUT2D eigenvalue weighted by Crippen LogP contribution is -1.89. The summed E-state index contributed by atoms with van der Waals surface area (Å²) < 4.78 is 5.68. The Balaban J connectivity index is 2.13. The minimum atomic E-state index is 0.554. The second-order valence-corrected chi connectivity index (χ2v) is 4.12. The highest BCUT2D eigenvalue weighted by atomic mass is 16.3. The first-order valence-corrected chi connectivity index (χ1v) is 5.88. The summed E-state index contributed by atoms with van der Waals surface area (Å²) in [6.45, 7) is 0. The lowest BCUT2D eigenvalue weighted by molar-refractivity contribution is 0.619. The van der Waals surface area contributed by atoms with Gasteiger partial charge in [0.15, 0.2) is 11.2 Å². The third kappa shape index (κ3) is 1.84. The van der Waals surface area contributed by atoms with Crippen LogP contribution < -0.4 is 5.73 Å². The number of nitrogens with two attached hydrogens (primary N) is 1. The Bertz CT molecular complexity index is 708. The zero-order valence-electron chi connectivity index (χ0n) is 10.1. The fourth-order valence-electron chi connectivity index (χ4n) is 1.85. The molecule has 4 nitrogen and oxygen atoms in total. The Kier molecular flexibility index (Phi) is 2.52. The van der Waals surface area contributed by atoms with Crippen molar-refractivity contribution in [1.82, 2.24) is 9.97 Å². The third-order valence-corrected chi connectivity index (χ3v) is 2.81. The summed E-state index contributed by atoms with van der Waals surface area (Å²) in [5.41, 5.74) is 9.66. The summed E-state index contributed by atoms with van der Waals surface area (Å²) in [7, 11) is 2.06. The van der Waals surface area contributed by atoms with E-state index in [1.165, 1.54) is 0 Å². The number of oxazole rings is 1. The lowest BCUT2D eigenvalue weighted by Gasteiger charge is -1.95. The molecular formula is C13H12BN3O. The SMILES string of the molecule is BCc1ccc2oc(-c3cccc(N)c3)nc2n1. The molecule has 0 atom stereocenters. The van der Waals surface area contributed by atoms with Crippen molar-refractivity contribution >= 4 is 24.8 Å². The maximum Gasteiger partial charge on any atom is 0.228 e. The van der Waals surface area contributed by atoms with Crippen LogP contribution in [0.4, 0.5) is 5.69 Å². The minimum Gasteiger partial charge on any atom is -0.434 e. The lowest BCUT2D eigenvalue weighted by atomic mass is 10.0. The molecule has 18 heavy (non-hydrogen) atoms. The third-order valence-electron chi connectivity index (χ3n) is 2.81. The van der Waals surface area contributed by atoms with Crippen molar-refractivity contribution in [2.75, 3.05) is 5.73 Å². The van der Waals surface area contributed by atoms with E-state index in [1.807, 2.05) is 36.4 Å². The molecule has 3 aromatic rings. The van der Waals surface area contributed by atoms with E-state index in [-0.39, 0.29) is 0 Å². The Hall–Kier alpha value is -2.30. The van der Waals surface area contributed by atoms with Crippen molar-refractivity contribution in [3.8, 4) is 11.5 Å². The Morgan fingerprint density at radius 3 is 2.83 bits per heavy atom. The average Bonchev–Trinajstić information content (AvgIpc) is 2.81. The molecule has 0 saturated carbocycles. The number of nitrogens with zero attached hydrogens (tertiary/aromatic N) is 2. The van der Waals surface area contributed by atoms with Gasteiger partial charge in [-0.05, 0) is 36.7 Å². The van der Waals surface area contributed by atoms with Gasteiger partial charge in [0, 0.05) is 16.9 Å². The summed E-state index contributed by atoms with van der Waals surface area (Å²) in [6, 6.07) is 11.3. The molecule has 88 valence electrons. The highest BCUT2D eigenvalue weighted by Crippen LogP contribution is 2.24. The van der Waals surface area contributed by atoms with Crippen molar-refractivity contribution in [2.24, 2.45) is 0 Å². The van der Waals surface area contributed by atoms with Crippen LogP contribution in [-0.2, 0) is 6.32 Å². The molecular weight excluding hydrogens is 225 g/mol. The highest BCUT2D eigenvalue weighted by Gasteiger charge is 2.09. The maximum absolute atomic E-state index is 5.75. The predicted octanol–water partition coefficient (Wildman–Crippen LogP) is 1.61. The molecule has 0 saturated heterocycles. The van der Waals surface area contributed by atoms with Crippen LogP contribution in [0.15, 0.2) is 40.8 Å². The maximum atomic E-state index is 5.75. The van der Waals surface area contributed by atoms with Crippen LogP contribution in [0.25, 0.3) is 22.7 Å². The number of hydrogen-bond acceptors (Lipinski definition) is 4. The first-order valence-electron chi connectivity index (χ1n) is 5.88. The number of aromatic nitrogens is 2. The van der Waals surface area contributed by atoms with Gasteiger partial charge in [-0.2, -0.15) is 4.98 Å². The van der Waals surface area contributed by atoms with Crippen molar-refractivity contribution in [2.45, 2.75) is 6.32 Å². The number of hydrogen-bond donors (Lipinski definition) is 1. The molecule has 2 heterocycles. The summed E-state index contributed by atoms with van der Waals surface area (Å²) in [6.07, 6.45) is 0.885. The summed E-state index contributed by atoms with van der Waals surface area (Å²) in [5.74, 6) is 0.554. The predicted molar refractivity (Wildman–Crippen MR) is 73.9 cm³/mol. The Labute approximate surface area is 105 Å². The summed E-state index contributed by atoms with van der Waals surface area (Å²) in [5, 5.41) is 0. The van der Waals surface area contributed by atoms with E-state index in [1.54, 1.807) is 0 Å². The molecule has 0 aliphatic carbocycles. The number of anilines is 1. The highest BCUT2D eigenvalue weighted by molar-refractivity contribution is 6.08. The molecule has 1 aromatic carbocycles. The first kappa shape index (κ1) is 10.8. The van der Waals surface area contributed by atoms with Gasteiger partial charge < -0.3 is 10.2 Å². The second-order valence-electron chi connectivity index (χ2n) is 4.12. The van der Waals surface area contributed by atoms with Gasteiger partial charge in [0.05, 0.1) is 0 Å². The van der Waals surface area contributed by atoms with E-state index in [0.29, 0.717) is 22.8 Å². The van der Waals surface area contributed by atoms with Crippen LogP contribution in [0.1, 0.15) is 5.69 Å². The van der Waals surface area contributed by atoms with E-state index in [0.717, 1.165) is 17.6 Å². The van der Waals surface area contributed by atoms with Crippen molar-refractivity contribution in [1.29, 1.82) is 0 Å². The van der Waals surface area contributed by atoms with Gasteiger partial charge in [-0.1, -0.05) is 6.07 Å². The van der Waals surface area contributed by atoms with E-state index in [2.05, 4.69) is 17.8 Å². The molecule has 0 unspecified atom stereocenters. The molecule has 2 N–H and O–H groups in total. The first-order chi connectivity index (χ1) is 8.76. The summed E-state index contributed by atoms with van der Waals surface area (Å²) >= 11 is 0. The molecule has 0 fully saturated rings. The molecule has 3 rings (SSSR count). The average molecular weight is 237 g/mol. The fourth-order valence-corrected chi connectivity index (χ4v) is 1.85. The summed E-state index contributed by atoms with van der Waals surface area (Å²) in [4.78, 5) is 8.83. The molecule has 0 radical (unpaired) electrons. The van der Waals surface area contributed by atoms with E-state index in [9.17, 15) is 0 Å². The molecule has 0 bridgehead atoms. The second kappa shape index (κ2) is 4.18. The Morgan fingerprint density at radius 1 is 1.17 bits per heavy atom. The normalized spacial score (nSPS) is 10.9. The zero-order valence-corrected chi connectivity index (χ0v) is 10.1. The number of pyridine rings is 1. The van der Waals surface area contributed by atoms with Crippen molar-refractivity contribution < 1.29 is 4.42 Å². The standard InChI is InChI=1S/C13H12BN3O/c14-7-10-4-5-11-12(16-10)17-13(18-11)8-2-1-3-9(15)6-8/h1-6H,7,14-15H2. The van der Waals surface area contributed by atoms with Gasteiger partial charge in [0.25, 0.3) is 0 Å². The minimum absolute atomic E-state index is 0.554. The van der Waals surface area contributed by atoms with E-state index >= 15 is 0 Å². The molecule has 5 heteroatoms. The van der Waals surface area contributed by atoms with Crippen LogP contribution in [0.2, 0.25) is 0 Å². The van der Waals surface area contributed by atoms with Gasteiger partial charge >= 0.3 is 0 Å². The fraction of sp³-hybridized carbons (Fsp3) is 0.0769. The topological polar surface area (TPSA) is 64.9 Å². The van der Waals surface area contributed by atoms with Gasteiger partial charge in [-0.25, -0.2) is 4.98 Å².